The van der Waals surface area contributed by atoms with Gasteiger partial charge in [-0.25, -0.2) is 4.79 Å². The number of amides is 1. The Balaban J connectivity index is 1.31. The Hall–Kier alpha value is -1.47. The van der Waals surface area contributed by atoms with Gasteiger partial charge in [-0.2, -0.15) is 0 Å². The highest BCUT2D eigenvalue weighted by Crippen LogP contribution is 2.54. The van der Waals surface area contributed by atoms with E-state index in [-0.39, 0.29) is 6.09 Å². The SMILES string of the molecule is CC(C)CCOCCNC(=O)OCC1C2CCC3=C(CCC21)N(C(C)C)NN3. The van der Waals surface area contributed by atoms with Crippen molar-refractivity contribution < 1.29 is 14.3 Å². The number of allylic oxidation sites excluding steroid dienone is 2. The highest BCUT2D eigenvalue weighted by molar-refractivity contribution is 5.67. The van der Waals surface area contributed by atoms with Crippen molar-refractivity contribution in [3.63, 3.8) is 0 Å². The standard InChI is InChI=1S/C21H38N4O3/c1-14(2)9-11-27-12-10-22-21(26)28-13-18-16-5-7-19-20(8-6-17(16)18)25(15(3)4)24-23-19/h14-18,23-24H,5-13H2,1-4H3,(H,22,26). The summed E-state index contributed by atoms with van der Waals surface area (Å²) in [5, 5.41) is 5.04. The number of hydrazine groups is 2. The fourth-order valence-electron chi connectivity index (χ4n) is 4.44. The average molecular weight is 395 g/mol. The fourth-order valence-corrected chi connectivity index (χ4v) is 4.44. The number of carbonyl (C=O) groups is 1. The van der Waals surface area contributed by atoms with Gasteiger partial charge in [-0.1, -0.05) is 13.8 Å². The number of nitrogens with one attached hydrogen (secondary N) is 3. The van der Waals surface area contributed by atoms with Crippen molar-refractivity contribution in [1.82, 2.24) is 21.3 Å². The van der Waals surface area contributed by atoms with Gasteiger partial charge in [0.15, 0.2) is 0 Å². The zero-order valence-electron chi connectivity index (χ0n) is 17.9. The summed E-state index contributed by atoms with van der Waals surface area (Å²) in [7, 11) is 0. The Morgan fingerprint density at radius 3 is 2.64 bits per heavy atom. The first kappa shape index (κ1) is 21.2. The minimum atomic E-state index is -0.316. The summed E-state index contributed by atoms with van der Waals surface area (Å²) in [6, 6.07) is 0.437. The van der Waals surface area contributed by atoms with Crippen LogP contribution < -0.4 is 16.3 Å². The van der Waals surface area contributed by atoms with E-state index in [2.05, 4.69) is 49.0 Å². The lowest BCUT2D eigenvalue weighted by Crippen LogP contribution is -2.42. The Kier molecular flexibility index (Phi) is 7.46. The Labute approximate surface area is 169 Å². The lowest BCUT2D eigenvalue weighted by molar-refractivity contribution is 0.112. The molecule has 160 valence electrons. The van der Waals surface area contributed by atoms with Crippen molar-refractivity contribution in [3.05, 3.63) is 11.4 Å². The van der Waals surface area contributed by atoms with Crippen LogP contribution in [0.5, 0.6) is 0 Å². The second-order valence-corrected chi connectivity index (χ2v) is 9.01. The molecule has 7 heteroatoms. The van der Waals surface area contributed by atoms with Gasteiger partial charge >= 0.3 is 6.09 Å². The summed E-state index contributed by atoms with van der Waals surface area (Å²) < 4.78 is 11.0. The van der Waals surface area contributed by atoms with Gasteiger partial charge in [-0.3, -0.25) is 5.01 Å². The van der Waals surface area contributed by atoms with E-state index in [9.17, 15) is 4.79 Å². The summed E-state index contributed by atoms with van der Waals surface area (Å²) in [5.41, 5.74) is 9.40. The molecule has 0 saturated heterocycles. The number of nitrogens with zero attached hydrogens (tertiary/aromatic N) is 1. The first-order chi connectivity index (χ1) is 13.5. The first-order valence-electron chi connectivity index (χ1n) is 11.0. The highest BCUT2D eigenvalue weighted by Gasteiger charge is 2.50. The van der Waals surface area contributed by atoms with Crippen LogP contribution in [0.25, 0.3) is 0 Å². The largest absolute Gasteiger partial charge is 0.449 e. The molecular weight excluding hydrogens is 356 g/mol. The average Bonchev–Trinajstić information content (AvgIpc) is 3.11. The molecule has 0 radical (unpaired) electrons. The monoisotopic (exact) mass is 394 g/mol. The predicted molar refractivity (Wildman–Crippen MR) is 109 cm³/mol. The van der Waals surface area contributed by atoms with Crippen LogP contribution in [0.3, 0.4) is 0 Å². The molecule has 3 aliphatic rings. The normalized spacial score (nSPS) is 26.5. The van der Waals surface area contributed by atoms with Gasteiger partial charge in [-0.05, 0) is 69.6 Å². The van der Waals surface area contributed by atoms with E-state index in [4.69, 9.17) is 9.47 Å². The molecule has 2 aliphatic carbocycles. The molecule has 3 rings (SSSR count). The predicted octanol–water partition coefficient (Wildman–Crippen LogP) is 3.16. The number of hydrogen-bond donors (Lipinski definition) is 3. The lowest BCUT2D eigenvalue weighted by atomic mass is 10.0. The fraction of sp³-hybridized carbons (Fsp3) is 0.857. The van der Waals surface area contributed by atoms with E-state index >= 15 is 0 Å². The molecule has 3 N–H and O–H groups in total. The van der Waals surface area contributed by atoms with E-state index in [0.717, 1.165) is 25.9 Å². The van der Waals surface area contributed by atoms with Crippen molar-refractivity contribution in [2.45, 2.75) is 65.8 Å². The van der Waals surface area contributed by atoms with E-state index in [1.807, 2.05) is 0 Å². The van der Waals surface area contributed by atoms with Crippen LogP contribution in [0.2, 0.25) is 0 Å². The van der Waals surface area contributed by atoms with Crippen LogP contribution in [0, 0.1) is 23.7 Å². The molecule has 3 unspecified atom stereocenters. The third kappa shape index (κ3) is 5.54. The van der Waals surface area contributed by atoms with Crippen LogP contribution in [-0.2, 0) is 9.47 Å². The van der Waals surface area contributed by atoms with Crippen LogP contribution in [-0.4, -0.2) is 43.5 Å². The molecule has 0 aromatic heterocycles. The Morgan fingerprint density at radius 2 is 1.93 bits per heavy atom. The van der Waals surface area contributed by atoms with Crippen molar-refractivity contribution in [2.24, 2.45) is 23.7 Å². The maximum absolute atomic E-state index is 11.9. The van der Waals surface area contributed by atoms with Gasteiger partial charge in [0.2, 0.25) is 0 Å². The molecule has 0 aromatic carbocycles. The molecule has 0 bridgehead atoms. The molecule has 0 spiro atoms. The Morgan fingerprint density at radius 1 is 1.18 bits per heavy atom. The highest BCUT2D eigenvalue weighted by atomic mass is 16.5. The maximum atomic E-state index is 11.9. The molecule has 1 amide bonds. The topological polar surface area (TPSA) is 74.9 Å². The number of rotatable bonds is 9. The quantitative estimate of drug-likeness (QED) is 0.522. The molecule has 1 fully saturated rings. The zero-order valence-corrected chi connectivity index (χ0v) is 17.9. The van der Waals surface area contributed by atoms with Crippen LogP contribution >= 0.6 is 0 Å². The molecular formula is C21H38N4O3. The van der Waals surface area contributed by atoms with Gasteiger partial charge in [0, 0.05) is 24.9 Å². The molecule has 0 aromatic rings. The van der Waals surface area contributed by atoms with Crippen molar-refractivity contribution in [3.8, 4) is 0 Å². The van der Waals surface area contributed by atoms with Crippen molar-refractivity contribution in [1.29, 1.82) is 0 Å². The van der Waals surface area contributed by atoms with Gasteiger partial charge in [0.1, 0.15) is 0 Å². The number of ether oxygens (including phenoxy) is 2. The summed E-state index contributed by atoms with van der Waals surface area (Å²) in [4.78, 5) is 11.9. The number of alkyl carbamates (subject to hydrolysis) is 1. The summed E-state index contributed by atoms with van der Waals surface area (Å²) >= 11 is 0. The third-order valence-electron chi connectivity index (χ3n) is 6.20. The van der Waals surface area contributed by atoms with E-state index in [1.165, 1.54) is 24.2 Å². The Bertz CT molecular complexity index is 564. The second kappa shape index (κ2) is 9.83. The van der Waals surface area contributed by atoms with Gasteiger partial charge in [0.05, 0.1) is 18.9 Å². The molecule has 1 aliphatic heterocycles. The molecule has 28 heavy (non-hydrogen) atoms. The van der Waals surface area contributed by atoms with Crippen LogP contribution in [0.1, 0.15) is 59.8 Å². The van der Waals surface area contributed by atoms with Crippen LogP contribution in [0.15, 0.2) is 11.4 Å². The molecule has 1 saturated carbocycles. The van der Waals surface area contributed by atoms with Gasteiger partial charge < -0.3 is 20.2 Å². The number of carbonyl (C=O) groups excluding carboxylic acids is 1. The third-order valence-corrected chi connectivity index (χ3v) is 6.20. The first-order valence-corrected chi connectivity index (χ1v) is 11.0. The summed E-state index contributed by atoms with van der Waals surface area (Å²) in [5.74, 6) is 2.55. The van der Waals surface area contributed by atoms with E-state index in [0.29, 0.717) is 49.5 Å². The molecule has 7 nitrogen and oxygen atoms in total. The van der Waals surface area contributed by atoms with Crippen molar-refractivity contribution >= 4 is 6.09 Å². The van der Waals surface area contributed by atoms with Gasteiger partial charge in [0.25, 0.3) is 0 Å². The summed E-state index contributed by atoms with van der Waals surface area (Å²) in [6.07, 6.45) is 5.24. The summed E-state index contributed by atoms with van der Waals surface area (Å²) in [6.45, 7) is 11.1. The second-order valence-electron chi connectivity index (χ2n) is 9.01. The zero-order chi connectivity index (χ0) is 20.1. The molecule has 3 atom stereocenters. The van der Waals surface area contributed by atoms with E-state index < -0.39 is 0 Å². The lowest BCUT2D eigenvalue weighted by Gasteiger charge is -2.25. The van der Waals surface area contributed by atoms with E-state index in [1.54, 1.807) is 0 Å². The van der Waals surface area contributed by atoms with Crippen LogP contribution in [0.4, 0.5) is 4.79 Å². The molecule has 1 heterocycles. The minimum Gasteiger partial charge on any atom is -0.449 e. The minimum absolute atomic E-state index is 0.316. The number of hydrogen-bond acceptors (Lipinski definition) is 6. The maximum Gasteiger partial charge on any atom is 0.407 e. The van der Waals surface area contributed by atoms with Gasteiger partial charge in [-0.15, -0.1) is 5.53 Å². The van der Waals surface area contributed by atoms with Crippen molar-refractivity contribution in [2.75, 3.05) is 26.4 Å². The smallest absolute Gasteiger partial charge is 0.407 e. The number of fused-ring (bicyclic) bond motifs is 1.